The molecule has 9 nitrogen and oxygen atoms in total. The van der Waals surface area contributed by atoms with Crippen molar-refractivity contribution in [2.45, 2.75) is 26.2 Å². The first-order valence-corrected chi connectivity index (χ1v) is 9.54. The van der Waals surface area contributed by atoms with E-state index < -0.39 is 17.1 Å². The molecule has 3 aromatic heterocycles. The summed E-state index contributed by atoms with van der Waals surface area (Å²) in [6.07, 6.45) is -3.01. The van der Waals surface area contributed by atoms with Gasteiger partial charge in [0.1, 0.15) is 5.69 Å². The molecule has 1 aliphatic heterocycles. The third kappa shape index (κ3) is 3.75. The summed E-state index contributed by atoms with van der Waals surface area (Å²) in [5, 5.41) is 11.3. The van der Waals surface area contributed by atoms with Crippen LogP contribution in [0.1, 0.15) is 37.2 Å². The molecule has 30 heavy (non-hydrogen) atoms. The smallest absolute Gasteiger partial charge is 0.330 e. The summed E-state index contributed by atoms with van der Waals surface area (Å²) in [7, 11) is 0. The summed E-state index contributed by atoms with van der Waals surface area (Å²) in [6, 6.07) is 5.41. The van der Waals surface area contributed by atoms with E-state index in [0.717, 1.165) is 5.69 Å². The number of hydrogen-bond acceptors (Lipinski definition) is 7. The van der Waals surface area contributed by atoms with Gasteiger partial charge in [-0.25, -0.2) is 0 Å². The minimum absolute atomic E-state index is 0.0539. The lowest BCUT2D eigenvalue weighted by molar-refractivity contribution is -0.138. The normalized spacial score (nSPS) is 14.0. The Morgan fingerprint density at radius 2 is 2.07 bits per heavy atom. The number of halogens is 3. The number of nitrogens with one attached hydrogen (secondary N) is 1. The van der Waals surface area contributed by atoms with E-state index in [4.69, 9.17) is 0 Å². The zero-order chi connectivity index (χ0) is 21.5. The van der Waals surface area contributed by atoms with Gasteiger partial charge >= 0.3 is 6.18 Å². The van der Waals surface area contributed by atoms with E-state index >= 15 is 0 Å². The van der Waals surface area contributed by atoms with Crippen LogP contribution in [0, 0.1) is 6.92 Å². The van der Waals surface area contributed by atoms with Crippen LogP contribution in [-0.2, 0) is 19.3 Å². The highest BCUT2D eigenvalue weighted by atomic mass is 32.1. The molecule has 156 valence electrons. The molecule has 0 spiro atoms. The van der Waals surface area contributed by atoms with E-state index in [1.54, 1.807) is 24.1 Å². The van der Waals surface area contributed by atoms with Gasteiger partial charge in [-0.1, -0.05) is 17.4 Å². The Hall–Kier alpha value is -3.35. The van der Waals surface area contributed by atoms with Gasteiger partial charge < -0.3 is 4.90 Å². The second-order valence-corrected chi connectivity index (χ2v) is 7.43. The molecule has 4 heterocycles. The van der Waals surface area contributed by atoms with E-state index in [-0.39, 0.29) is 33.8 Å². The first-order valence-electron chi connectivity index (χ1n) is 8.72. The fourth-order valence-corrected chi connectivity index (χ4v) is 3.66. The third-order valence-electron chi connectivity index (χ3n) is 4.44. The zero-order valence-corrected chi connectivity index (χ0v) is 16.3. The van der Waals surface area contributed by atoms with Crippen molar-refractivity contribution < 1.29 is 22.8 Å². The van der Waals surface area contributed by atoms with Crippen molar-refractivity contribution in [2.75, 3.05) is 11.9 Å². The number of fused-ring (bicyclic) bond motifs is 1. The Balaban J connectivity index is 1.53. The van der Waals surface area contributed by atoms with E-state index in [1.807, 2.05) is 12.1 Å². The molecule has 0 atom stereocenters. The number of carbonyl (C=O) groups is 2. The van der Waals surface area contributed by atoms with E-state index in [2.05, 4.69) is 25.6 Å². The quantitative estimate of drug-likeness (QED) is 0.672. The predicted molar refractivity (Wildman–Crippen MR) is 98.8 cm³/mol. The highest BCUT2D eigenvalue weighted by Crippen LogP contribution is 2.33. The van der Waals surface area contributed by atoms with Crippen LogP contribution in [0.3, 0.4) is 0 Å². The van der Waals surface area contributed by atoms with Crippen molar-refractivity contribution in [1.82, 2.24) is 29.9 Å². The number of alkyl halides is 3. The second-order valence-electron chi connectivity index (χ2n) is 6.46. The van der Waals surface area contributed by atoms with Crippen LogP contribution >= 0.6 is 11.3 Å². The average molecular weight is 437 g/mol. The van der Waals surface area contributed by atoms with Crippen molar-refractivity contribution >= 4 is 28.3 Å². The second kappa shape index (κ2) is 7.48. The van der Waals surface area contributed by atoms with Gasteiger partial charge in [0.15, 0.2) is 5.69 Å². The number of amides is 2. The van der Waals surface area contributed by atoms with Gasteiger partial charge in [-0.05, 0) is 19.1 Å². The van der Waals surface area contributed by atoms with Gasteiger partial charge in [0.05, 0.1) is 18.8 Å². The van der Waals surface area contributed by atoms with E-state index in [1.165, 1.54) is 4.68 Å². The first-order chi connectivity index (χ1) is 14.2. The maximum atomic E-state index is 12.9. The van der Waals surface area contributed by atoms with Gasteiger partial charge in [0, 0.05) is 18.3 Å². The maximum absolute atomic E-state index is 12.9. The molecule has 0 aromatic carbocycles. The van der Waals surface area contributed by atoms with Crippen LogP contribution in [0.4, 0.5) is 18.3 Å². The molecule has 1 N–H and O–H groups in total. The minimum atomic E-state index is -4.65. The van der Waals surface area contributed by atoms with Gasteiger partial charge in [0.25, 0.3) is 11.8 Å². The summed E-state index contributed by atoms with van der Waals surface area (Å²) in [6.45, 7) is 2.64. The largest absolute Gasteiger partial charge is 0.445 e. The summed E-state index contributed by atoms with van der Waals surface area (Å²) < 4.78 is 39.4. The molecular formula is C17H14F3N7O2S. The minimum Gasteiger partial charge on any atom is -0.330 e. The maximum Gasteiger partial charge on any atom is 0.445 e. The highest BCUT2D eigenvalue weighted by Gasteiger charge is 2.36. The number of nitrogens with zero attached hydrogens (tertiary/aromatic N) is 6. The number of pyridine rings is 1. The molecule has 0 radical (unpaired) electrons. The molecule has 0 fully saturated rings. The molecule has 0 aliphatic carbocycles. The predicted octanol–water partition coefficient (Wildman–Crippen LogP) is 2.37. The number of rotatable bonds is 4. The van der Waals surface area contributed by atoms with Gasteiger partial charge in [-0.3, -0.25) is 24.6 Å². The fraction of sp³-hybridized carbons (Fsp3) is 0.294. The van der Waals surface area contributed by atoms with E-state index in [0.29, 0.717) is 25.2 Å². The highest BCUT2D eigenvalue weighted by molar-refractivity contribution is 7.15. The van der Waals surface area contributed by atoms with Gasteiger partial charge in [-0.2, -0.15) is 18.3 Å². The Bertz CT molecular complexity index is 1110. The summed E-state index contributed by atoms with van der Waals surface area (Å²) >= 11 is 0.210. The Morgan fingerprint density at radius 3 is 2.73 bits per heavy atom. The molecule has 0 unspecified atom stereocenters. The van der Waals surface area contributed by atoms with Crippen molar-refractivity contribution in [3.05, 3.63) is 52.0 Å². The molecule has 0 saturated heterocycles. The lowest BCUT2D eigenvalue weighted by Crippen LogP contribution is -2.40. The van der Waals surface area contributed by atoms with Crippen LogP contribution in [-0.4, -0.2) is 48.2 Å². The molecule has 0 saturated carbocycles. The number of carbonyl (C=O) groups excluding carboxylic acids is 2. The van der Waals surface area contributed by atoms with Crippen molar-refractivity contribution in [1.29, 1.82) is 0 Å². The van der Waals surface area contributed by atoms with E-state index in [9.17, 15) is 22.8 Å². The third-order valence-corrected chi connectivity index (χ3v) is 5.33. The van der Waals surface area contributed by atoms with Crippen LogP contribution < -0.4 is 5.32 Å². The van der Waals surface area contributed by atoms with Crippen molar-refractivity contribution in [2.24, 2.45) is 0 Å². The number of hydrogen-bond donors (Lipinski definition) is 1. The van der Waals surface area contributed by atoms with Crippen molar-refractivity contribution in [3.63, 3.8) is 0 Å². The fourth-order valence-electron chi connectivity index (χ4n) is 3.05. The van der Waals surface area contributed by atoms with Crippen LogP contribution in [0.15, 0.2) is 24.4 Å². The molecule has 1 aliphatic rings. The summed E-state index contributed by atoms with van der Waals surface area (Å²) in [4.78, 5) is 31.3. The zero-order valence-electron chi connectivity index (χ0n) is 15.5. The molecule has 2 amide bonds. The molecule has 13 heteroatoms. The molecule has 3 aromatic rings. The Morgan fingerprint density at radius 1 is 1.27 bits per heavy atom. The number of anilines is 1. The summed E-state index contributed by atoms with van der Waals surface area (Å²) in [5.41, 5.74) is 1.27. The SMILES string of the molecule is Cc1c(C(=O)Nc2nnc(C(F)(F)F)s2)nn2c1C(=O)N(Cc1ccccn1)CC2. The summed E-state index contributed by atoms with van der Waals surface area (Å²) in [5.74, 6) is -1.06. The monoisotopic (exact) mass is 437 g/mol. The Labute approximate surface area is 171 Å². The van der Waals surface area contributed by atoms with Crippen molar-refractivity contribution in [3.8, 4) is 0 Å². The van der Waals surface area contributed by atoms with Crippen LogP contribution in [0.2, 0.25) is 0 Å². The average Bonchev–Trinajstić information content (AvgIpc) is 3.30. The lowest BCUT2D eigenvalue weighted by atomic mass is 10.1. The molecule has 0 bridgehead atoms. The van der Waals surface area contributed by atoms with Crippen LogP contribution in [0.5, 0.6) is 0 Å². The number of aromatic nitrogens is 5. The Kier molecular flexibility index (Phi) is 4.97. The molecular weight excluding hydrogens is 423 g/mol. The van der Waals surface area contributed by atoms with Crippen LogP contribution in [0.25, 0.3) is 0 Å². The lowest BCUT2D eigenvalue weighted by Gasteiger charge is -2.27. The standard InChI is InChI=1S/C17H14F3N7O2S/c1-9-11(13(28)22-16-24-23-15(30-16)17(18,19)20)25-27-7-6-26(14(29)12(9)27)8-10-4-2-3-5-21-10/h2-5H,6-8H2,1H3,(H,22,24,28). The van der Waals surface area contributed by atoms with Gasteiger partial charge in [0.2, 0.25) is 10.1 Å². The molecule has 4 rings (SSSR count). The topological polar surface area (TPSA) is 106 Å². The van der Waals surface area contributed by atoms with Gasteiger partial charge in [-0.15, -0.1) is 10.2 Å². The first kappa shape index (κ1) is 19.9.